The van der Waals surface area contributed by atoms with E-state index in [9.17, 15) is 4.89 Å². The number of hydrogen-bond acceptors (Lipinski definition) is 3. The monoisotopic (exact) mass is 183 g/mol. The molecular formula is C5H16O3PSi+. The summed E-state index contributed by atoms with van der Waals surface area (Å²) in [6, 6.07) is 0. The summed E-state index contributed by atoms with van der Waals surface area (Å²) < 4.78 is 9.92. The van der Waals surface area contributed by atoms with Gasteiger partial charge in [0.05, 0.1) is 14.2 Å². The molecule has 0 unspecified atom stereocenters. The van der Waals surface area contributed by atoms with Gasteiger partial charge in [0.2, 0.25) is 0 Å². The molecule has 62 valence electrons. The molecule has 0 aromatic rings. The summed E-state index contributed by atoms with van der Waals surface area (Å²) in [7, 11) is -1.17. The molecule has 0 heterocycles. The van der Waals surface area contributed by atoms with E-state index < -0.39 is 15.2 Å². The van der Waals surface area contributed by atoms with Crippen LogP contribution in [0.5, 0.6) is 0 Å². The van der Waals surface area contributed by atoms with Gasteiger partial charge in [0.1, 0.15) is 0 Å². The van der Waals surface area contributed by atoms with E-state index in [0.717, 1.165) is 0 Å². The maximum atomic E-state index is 9.69. The van der Waals surface area contributed by atoms with Crippen molar-refractivity contribution in [2.75, 3.05) is 14.2 Å². The first-order chi connectivity index (χ1) is 4.37. The lowest BCUT2D eigenvalue weighted by Crippen LogP contribution is -2.27. The third-order valence-electron chi connectivity index (χ3n) is 1.34. The zero-order valence-electron chi connectivity index (χ0n) is 7.21. The SMILES string of the molecule is CO[P+](O)(OC)[Si](C)(C)C. The first kappa shape index (κ1) is 10.5. The molecule has 3 nitrogen and oxygen atoms in total. The lowest BCUT2D eigenvalue weighted by atomic mass is 11.8. The first-order valence-corrected chi connectivity index (χ1v) is 9.02. The molecule has 0 atom stereocenters. The van der Waals surface area contributed by atoms with Crippen LogP contribution in [0.15, 0.2) is 0 Å². The summed E-state index contributed by atoms with van der Waals surface area (Å²) in [5, 5.41) is 0. The van der Waals surface area contributed by atoms with Crippen molar-refractivity contribution in [2.45, 2.75) is 19.6 Å². The summed E-state index contributed by atoms with van der Waals surface area (Å²) in [6.45, 7) is 6.06. The molecule has 0 rings (SSSR count). The number of hydrogen-bond donors (Lipinski definition) is 1. The molecule has 0 radical (unpaired) electrons. The fourth-order valence-corrected chi connectivity index (χ4v) is 5.15. The molecule has 0 aliphatic rings. The predicted octanol–water partition coefficient (Wildman–Crippen LogP) is 1.87. The maximum Gasteiger partial charge on any atom is 0.350 e. The van der Waals surface area contributed by atoms with E-state index in [4.69, 9.17) is 9.05 Å². The van der Waals surface area contributed by atoms with Crippen LogP contribution in [-0.4, -0.2) is 26.9 Å². The minimum atomic E-state index is -2.48. The van der Waals surface area contributed by atoms with Crippen molar-refractivity contribution in [2.24, 2.45) is 0 Å². The second kappa shape index (κ2) is 3.28. The van der Waals surface area contributed by atoms with Gasteiger partial charge >= 0.3 is 15.2 Å². The fourth-order valence-electron chi connectivity index (χ4n) is 0.622. The Morgan fingerprint density at radius 1 is 1.10 bits per heavy atom. The molecule has 0 aromatic carbocycles. The summed E-state index contributed by atoms with van der Waals surface area (Å²) in [6.07, 6.45) is 0. The van der Waals surface area contributed by atoms with Gasteiger partial charge in [-0.3, -0.25) is 0 Å². The molecular weight excluding hydrogens is 167 g/mol. The average Bonchev–Trinajstić information content (AvgIpc) is 1.84. The molecule has 0 saturated carbocycles. The van der Waals surface area contributed by atoms with Gasteiger partial charge in [-0.2, -0.15) is 9.05 Å². The first-order valence-electron chi connectivity index (χ1n) is 3.11. The highest BCUT2D eigenvalue weighted by Crippen LogP contribution is 2.63. The van der Waals surface area contributed by atoms with Crippen molar-refractivity contribution in [1.29, 1.82) is 0 Å². The van der Waals surface area contributed by atoms with Crippen LogP contribution >= 0.6 is 7.49 Å². The number of rotatable bonds is 3. The average molecular weight is 183 g/mol. The Bertz CT molecular complexity index is 108. The van der Waals surface area contributed by atoms with Gasteiger partial charge < -0.3 is 0 Å². The molecule has 1 N–H and O–H groups in total. The summed E-state index contributed by atoms with van der Waals surface area (Å²) in [4.78, 5) is 9.69. The van der Waals surface area contributed by atoms with E-state index in [2.05, 4.69) is 0 Å². The molecule has 0 aliphatic heterocycles. The van der Waals surface area contributed by atoms with Crippen molar-refractivity contribution in [3.8, 4) is 0 Å². The molecule has 0 saturated heterocycles. The third kappa shape index (κ3) is 2.00. The van der Waals surface area contributed by atoms with Gasteiger partial charge in [-0.15, -0.1) is 0 Å². The third-order valence-corrected chi connectivity index (χ3v) is 10.2. The Labute approximate surface area is 63.8 Å². The van der Waals surface area contributed by atoms with Gasteiger partial charge in [0, 0.05) is 0 Å². The summed E-state index contributed by atoms with van der Waals surface area (Å²) >= 11 is 0. The van der Waals surface area contributed by atoms with Gasteiger partial charge in [-0.1, -0.05) is 0 Å². The van der Waals surface area contributed by atoms with Crippen LogP contribution in [-0.2, 0) is 9.05 Å². The van der Waals surface area contributed by atoms with E-state index in [-0.39, 0.29) is 0 Å². The van der Waals surface area contributed by atoms with Crippen molar-refractivity contribution < 1.29 is 13.9 Å². The molecule has 0 amide bonds. The Kier molecular flexibility index (Phi) is 3.46. The summed E-state index contributed by atoms with van der Waals surface area (Å²) in [5.74, 6) is 0. The van der Waals surface area contributed by atoms with Gasteiger partial charge in [0.25, 0.3) is 0 Å². The zero-order valence-corrected chi connectivity index (χ0v) is 9.11. The highest BCUT2D eigenvalue weighted by Gasteiger charge is 2.54. The predicted molar refractivity (Wildman–Crippen MR) is 46.5 cm³/mol. The lowest BCUT2D eigenvalue weighted by molar-refractivity contribution is 0.257. The van der Waals surface area contributed by atoms with Crippen LogP contribution < -0.4 is 0 Å². The van der Waals surface area contributed by atoms with Gasteiger partial charge in [-0.25, -0.2) is 4.89 Å². The molecule has 0 fully saturated rings. The van der Waals surface area contributed by atoms with Crippen molar-refractivity contribution in [3.63, 3.8) is 0 Å². The van der Waals surface area contributed by atoms with Gasteiger partial charge in [-0.05, 0) is 19.6 Å². The molecule has 0 aliphatic carbocycles. The van der Waals surface area contributed by atoms with Crippen molar-refractivity contribution >= 4 is 15.2 Å². The van der Waals surface area contributed by atoms with E-state index in [1.807, 2.05) is 19.6 Å². The highest BCUT2D eigenvalue weighted by atomic mass is 31.5. The Hall–Kier alpha value is 0.527. The van der Waals surface area contributed by atoms with E-state index in [1.54, 1.807) is 0 Å². The van der Waals surface area contributed by atoms with E-state index >= 15 is 0 Å². The molecule has 0 aromatic heterocycles. The van der Waals surface area contributed by atoms with Crippen LogP contribution in [0.25, 0.3) is 0 Å². The normalized spacial score (nSPS) is 13.8. The largest absolute Gasteiger partial charge is 0.350 e. The standard InChI is InChI=1S/C5H16O3PSi/c1-7-9(6,8-2)10(3,4)5/h6H,1-5H3/q+1. The van der Waals surface area contributed by atoms with Crippen LogP contribution in [0.2, 0.25) is 19.6 Å². The topological polar surface area (TPSA) is 38.7 Å². The molecule has 0 spiro atoms. The van der Waals surface area contributed by atoms with Crippen molar-refractivity contribution in [1.82, 2.24) is 0 Å². The van der Waals surface area contributed by atoms with Crippen LogP contribution in [0, 0.1) is 0 Å². The van der Waals surface area contributed by atoms with Crippen LogP contribution in [0.4, 0.5) is 0 Å². The second-order valence-corrected chi connectivity index (χ2v) is 14.9. The minimum absolute atomic E-state index is 1.50. The van der Waals surface area contributed by atoms with Crippen LogP contribution in [0.1, 0.15) is 0 Å². The van der Waals surface area contributed by atoms with E-state index in [0.29, 0.717) is 0 Å². The van der Waals surface area contributed by atoms with Crippen LogP contribution in [0.3, 0.4) is 0 Å². The fraction of sp³-hybridized carbons (Fsp3) is 1.00. The van der Waals surface area contributed by atoms with Crippen molar-refractivity contribution in [3.05, 3.63) is 0 Å². The Balaban J connectivity index is 4.33. The minimum Gasteiger partial charge on any atom is -0.205 e. The molecule has 10 heavy (non-hydrogen) atoms. The van der Waals surface area contributed by atoms with Gasteiger partial charge in [0.15, 0.2) is 0 Å². The smallest absolute Gasteiger partial charge is 0.205 e. The second-order valence-electron chi connectivity index (χ2n) is 3.06. The molecule has 5 heteroatoms. The zero-order chi connectivity index (χ0) is 8.41. The van der Waals surface area contributed by atoms with E-state index in [1.165, 1.54) is 14.2 Å². The maximum absolute atomic E-state index is 9.69. The highest BCUT2D eigenvalue weighted by molar-refractivity contribution is 7.97. The quantitative estimate of drug-likeness (QED) is 0.536. The Morgan fingerprint density at radius 3 is 1.40 bits per heavy atom. The Morgan fingerprint density at radius 2 is 1.40 bits per heavy atom. The molecule has 0 bridgehead atoms. The lowest BCUT2D eigenvalue weighted by Gasteiger charge is -2.23. The summed E-state index contributed by atoms with van der Waals surface area (Å²) in [5.41, 5.74) is 0.